The molecule has 102 valence electrons. The highest BCUT2D eigenvalue weighted by Crippen LogP contribution is 2.30. The molecule has 19 heavy (non-hydrogen) atoms. The Kier molecular flexibility index (Phi) is 4.16. The van der Waals surface area contributed by atoms with Crippen LogP contribution in [-0.2, 0) is 17.8 Å². The van der Waals surface area contributed by atoms with E-state index in [0.29, 0.717) is 5.75 Å². The molecule has 0 saturated carbocycles. The van der Waals surface area contributed by atoms with Crippen molar-refractivity contribution in [2.45, 2.75) is 26.8 Å². The van der Waals surface area contributed by atoms with Crippen LogP contribution < -0.4 is 10.1 Å². The first-order valence-electron chi connectivity index (χ1n) is 6.46. The fraction of sp³-hybridized carbons (Fsp3) is 0.429. The maximum atomic E-state index is 11.2. The third-order valence-electron chi connectivity index (χ3n) is 3.07. The van der Waals surface area contributed by atoms with E-state index in [1.165, 1.54) is 12.5 Å². The molecule has 0 saturated heterocycles. The van der Waals surface area contributed by atoms with Crippen LogP contribution in [0.5, 0.6) is 5.75 Å². The molecule has 0 spiro atoms. The van der Waals surface area contributed by atoms with Crippen LogP contribution >= 0.6 is 0 Å². The number of ether oxygens (including phenoxy) is 1. The van der Waals surface area contributed by atoms with E-state index in [-0.39, 0.29) is 5.97 Å². The minimum Gasteiger partial charge on any atom is -0.424 e. The van der Waals surface area contributed by atoms with E-state index in [1.54, 1.807) is 6.20 Å². The summed E-state index contributed by atoms with van der Waals surface area (Å²) in [6, 6.07) is 0. The molecule has 5 nitrogen and oxygen atoms in total. The molecule has 2 aromatic rings. The zero-order valence-electron chi connectivity index (χ0n) is 11.6. The first-order valence-corrected chi connectivity index (χ1v) is 6.46. The fourth-order valence-electron chi connectivity index (χ4n) is 2.24. The van der Waals surface area contributed by atoms with Gasteiger partial charge in [0.05, 0.1) is 17.9 Å². The number of likely N-dealkylation sites (N-methyl/N-ethyl adjacent to an activating group) is 1. The van der Waals surface area contributed by atoms with E-state index in [2.05, 4.69) is 28.0 Å². The molecule has 2 aromatic heterocycles. The van der Waals surface area contributed by atoms with Gasteiger partial charge < -0.3 is 14.6 Å². The second kappa shape index (κ2) is 5.84. The number of nitrogens with one attached hydrogen (secondary N) is 1. The van der Waals surface area contributed by atoms with Crippen molar-refractivity contribution < 1.29 is 9.53 Å². The number of fused-ring (bicyclic) bond motifs is 1. The van der Waals surface area contributed by atoms with Crippen LogP contribution in [0.15, 0.2) is 18.6 Å². The molecule has 0 fully saturated rings. The molecule has 2 heterocycles. The van der Waals surface area contributed by atoms with Crippen LogP contribution in [0.25, 0.3) is 10.9 Å². The lowest BCUT2D eigenvalue weighted by Crippen LogP contribution is -2.10. The monoisotopic (exact) mass is 261 g/mol. The van der Waals surface area contributed by atoms with E-state index < -0.39 is 0 Å². The van der Waals surface area contributed by atoms with Gasteiger partial charge in [-0.15, -0.1) is 0 Å². The molecule has 1 N–H and O–H groups in total. The lowest BCUT2D eigenvalue weighted by atomic mass is 10.1. The Bertz CT molecular complexity index is 590. The Hall–Kier alpha value is -1.88. The molecule has 0 radical (unpaired) electrons. The third kappa shape index (κ3) is 2.76. The van der Waals surface area contributed by atoms with Gasteiger partial charge in [0.15, 0.2) is 5.75 Å². The van der Waals surface area contributed by atoms with Crippen LogP contribution in [0.2, 0.25) is 0 Å². The van der Waals surface area contributed by atoms with E-state index in [4.69, 9.17) is 4.74 Å². The molecule has 0 aliphatic rings. The molecule has 0 atom stereocenters. The van der Waals surface area contributed by atoms with E-state index >= 15 is 0 Å². The standard InChI is InChI=1S/C14H19N3O2/c1-4-17-9-11(5-6-15-3)14-12(17)7-16-8-13(14)19-10(2)18/h7-9,15H,4-6H2,1-3H3. The predicted octanol–water partition coefficient (Wildman–Crippen LogP) is 1.74. The summed E-state index contributed by atoms with van der Waals surface area (Å²) in [6.07, 6.45) is 6.41. The molecule has 0 aromatic carbocycles. The van der Waals surface area contributed by atoms with E-state index in [9.17, 15) is 4.79 Å². The summed E-state index contributed by atoms with van der Waals surface area (Å²) in [5, 5.41) is 4.12. The molecule has 0 unspecified atom stereocenters. The molecular formula is C14H19N3O2. The summed E-state index contributed by atoms with van der Waals surface area (Å²) in [6.45, 7) is 5.23. The summed E-state index contributed by atoms with van der Waals surface area (Å²) in [5.41, 5.74) is 2.18. The van der Waals surface area contributed by atoms with Gasteiger partial charge in [-0.25, -0.2) is 0 Å². The van der Waals surface area contributed by atoms with Crippen molar-refractivity contribution in [3.05, 3.63) is 24.2 Å². The van der Waals surface area contributed by atoms with Gasteiger partial charge in [-0.1, -0.05) is 0 Å². The second-order valence-corrected chi connectivity index (χ2v) is 4.42. The molecule has 0 bridgehead atoms. The van der Waals surface area contributed by atoms with Crippen LogP contribution in [0.3, 0.4) is 0 Å². The van der Waals surface area contributed by atoms with Crippen molar-refractivity contribution in [2.24, 2.45) is 0 Å². The number of hydrogen-bond acceptors (Lipinski definition) is 4. The van der Waals surface area contributed by atoms with Gasteiger partial charge in [0.1, 0.15) is 0 Å². The number of rotatable bonds is 5. The van der Waals surface area contributed by atoms with Crippen LogP contribution in [0.1, 0.15) is 19.4 Å². The highest BCUT2D eigenvalue weighted by molar-refractivity contribution is 5.91. The molecule has 2 rings (SSSR count). The summed E-state index contributed by atoms with van der Waals surface area (Å²) >= 11 is 0. The molecule has 0 aliphatic heterocycles. The second-order valence-electron chi connectivity index (χ2n) is 4.42. The Labute approximate surface area is 112 Å². The largest absolute Gasteiger partial charge is 0.424 e. The van der Waals surface area contributed by atoms with Crippen LogP contribution in [-0.4, -0.2) is 29.1 Å². The van der Waals surface area contributed by atoms with Gasteiger partial charge >= 0.3 is 5.97 Å². The number of pyridine rings is 1. The summed E-state index contributed by atoms with van der Waals surface area (Å²) < 4.78 is 7.40. The maximum Gasteiger partial charge on any atom is 0.308 e. The fourth-order valence-corrected chi connectivity index (χ4v) is 2.24. The molecule has 5 heteroatoms. The van der Waals surface area contributed by atoms with Crippen molar-refractivity contribution in [3.8, 4) is 5.75 Å². The van der Waals surface area contributed by atoms with Gasteiger partial charge in [0.2, 0.25) is 0 Å². The summed E-state index contributed by atoms with van der Waals surface area (Å²) in [5.74, 6) is 0.224. The Morgan fingerprint density at radius 1 is 1.47 bits per heavy atom. The normalized spacial score (nSPS) is 10.9. The maximum absolute atomic E-state index is 11.2. The van der Waals surface area contributed by atoms with E-state index in [0.717, 1.165) is 30.4 Å². The third-order valence-corrected chi connectivity index (χ3v) is 3.07. The number of aromatic nitrogens is 2. The Morgan fingerprint density at radius 3 is 2.89 bits per heavy atom. The first kappa shape index (κ1) is 13.5. The number of carbonyl (C=O) groups is 1. The number of carbonyl (C=O) groups excluding carboxylic acids is 1. The topological polar surface area (TPSA) is 56.2 Å². The average Bonchev–Trinajstić information content (AvgIpc) is 2.75. The quantitative estimate of drug-likeness (QED) is 0.833. The average molecular weight is 261 g/mol. The van der Waals surface area contributed by atoms with Gasteiger partial charge in [-0.05, 0) is 32.5 Å². The number of esters is 1. The van der Waals surface area contributed by atoms with Crippen molar-refractivity contribution in [1.29, 1.82) is 0 Å². The highest BCUT2D eigenvalue weighted by atomic mass is 16.5. The summed E-state index contributed by atoms with van der Waals surface area (Å²) in [4.78, 5) is 15.3. The van der Waals surface area contributed by atoms with Crippen molar-refractivity contribution in [1.82, 2.24) is 14.9 Å². The highest BCUT2D eigenvalue weighted by Gasteiger charge is 2.14. The SMILES string of the molecule is CCn1cc(CCNC)c2c(OC(C)=O)cncc21. The predicted molar refractivity (Wildman–Crippen MR) is 74.3 cm³/mol. The molecule has 0 amide bonds. The van der Waals surface area contributed by atoms with Gasteiger partial charge in [0.25, 0.3) is 0 Å². The van der Waals surface area contributed by atoms with Gasteiger partial charge in [0, 0.05) is 25.1 Å². The zero-order chi connectivity index (χ0) is 13.8. The number of nitrogens with zero attached hydrogens (tertiary/aromatic N) is 2. The number of hydrogen-bond donors (Lipinski definition) is 1. The number of aryl methyl sites for hydroxylation is 1. The lowest BCUT2D eigenvalue weighted by Gasteiger charge is -2.05. The van der Waals surface area contributed by atoms with Gasteiger partial charge in [-0.2, -0.15) is 0 Å². The lowest BCUT2D eigenvalue weighted by molar-refractivity contribution is -0.131. The summed E-state index contributed by atoms with van der Waals surface area (Å²) in [7, 11) is 1.92. The van der Waals surface area contributed by atoms with Crippen molar-refractivity contribution in [2.75, 3.05) is 13.6 Å². The first-order chi connectivity index (χ1) is 9.17. The van der Waals surface area contributed by atoms with E-state index in [1.807, 2.05) is 13.2 Å². The smallest absolute Gasteiger partial charge is 0.308 e. The van der Waals surface area contributed by atoms with Gasteiger partial charge in [-0.3, -0.25) is 9.78 Å². The van der Waals surface area contributed by atoms with Crippen molar-refractivity contribution >= 4 is 16.9 Å². The molecule has 0 aliphatic carbocycles. The Morgan fingerprint density at radius 2 is 2.26 bits per heavy atom. The van der Waals surface area contributed by atoms with Crippen LogP contribution in [0.4, 0.5) is 0 Å². The zero-order valence-corrected chi connectivity index (χ0v) is 11.6. The Balaban J connectivity index is 2.56. The van der Waals surface area contributed by atoms with Crippen molar-refractivity contribution in [3.63, 3.8) is 0 Å². The minimum absolute atomic E-state index is 0.321. The molecular weight excluding hydrogens is 242 g/mol. The minimum atomic E-state index is -0.321. The van der Waals surface area contributed by atoms with Crippen LogP contribution in [0, 0.1) is 0 Å².